The Morgan fingerprint density at radius 1 is 1.27 bits per heavy atom. The average molecular weight is 562 g/mol. The summed E-state index contributed by atoms with van der Waals surface area (Å²) >= 11 is 0. The molecule has 218 valence electrons. The van der Waals surface area contributed by atoms with Gasteiger partial charge in [-0.25, -0.2) is 10.8 Å². The number of hydrogen-bond acceptors (Lipinski definition) is 10. The first kappa shape index (κ1) is 28.9. The van der Waals surface area contributed by atoms with Gasteiger partial charge in [-0.1, -0.05) is 0 Å². The Morgan fingerprint density at radius 3 is 2.73 bits per heavy atom. The standard InChI is InChI=1S/C30H39N7O4/c1-17-7-21-23(13-36(33)12-20(32)11-35-6-4-5-19(31)10-35)24-14-37-27(29(24)34-26(21)8-18(17)2)9-22(28(39)15-38)25(16-41-3)30(37)40/h7-9,12,15,19,28,39H,4-6,10-11,13-14,16,31-33H2,1-3H3/b20-12-. The number of carbonyl (C=O) groups excluding carboxylic acids is 1. The number of hydrogen-bond donors (Lipinski definition) is 4. The van der Waals surface area contributed by atoms with Crippen LogP contribution in [-0.4, -0.2) is 63.6 Å². The molecule has 2 aliphatic heterocycles. The maximum absolute atomic E-state index is 13.6. The lowest BCUT2D eigenvalue weighted by Crippen LogP contribution is -2.44. The van der Waals surface area contributed by atoms with Crippen molar-refractivity contribution in [1.29, 1.82) is 0 Å². The number of rotatable bonds is 9. The molecule has 3 aromatic rings. The van der Waals surface area contributed by atoms with Crippen LogP contribution in [0.1, 0.15) is 52.3 Å². The summed E-state index contributed by atoms with van der Waals surface area (Å²) in [6.07, 6.45) is 2.79. The van der Waals surface area contributed by atoms with Gasteiger partial charge >= 0.3 is 0 Å². The van der Waals surface area contributed by atoms with E-state index in [-0.39, 0.29) is 35.9 Å². The van der Waals surface area contributed by atoms with Gasteiger partial charge in [0.1, 0.15) is 6.10 Å². The van der Waals surface area contributed by atoms with E-state index in [4.69, 9.17) is 27.0 Å². The van der Waals surface area contributed by atoms with E-state index in [1.807, 2.05) is 13.0 Å². The molecular formula is C30H39N7O4. The predicted octanol–water partition coefficient (Wildman–Crippen LogP) is 1.32. The number of aliphatic hydroxyl groups is 1. The fraction of sp³-hybridized carbons (Fsp3) is 0.433. The van der Waals surface area contributed by atoms with Gasteiger partial charge in [-0.2, -0.15) is 0 Å². The van der Waals surface area contributed by atoms with Crippen molar-refractivity contribution in [1.82, 2.24) is 19.5 Å². The van der Waals surface area contributed by atoms with E-state index in [9.17, 15) is 14.7 Å². The number of ether oxygens (including phenoxy) is 1. The summed E-state index contributed by atoms with van der Waals surface area (Å²) in [4.78, 5) is 32.3. The van der Waals surface area contributed by atoms with Gasteiger partial charge in [-0.05, 0) is 68.1 Å². The van der Waals surface area contributed by atoms with E-state index in [0.29, 0.717) is 36.5 Å². The Balaban J connectivity index is 1.58. The second-order valence-electron chi connectivity index (χ2n) is 11.3. The van der Waals surface area contributed by atoms with Crippen molar-refractivity contribution in [3.05, 3.63) is 73.8 Å². The van der Waals surface area contributed by atoms with Crippen LogP contribution >= 0.6 is 0 Å². The number of aryl methyl sites for hydroxylation is 2. The topological polar surface area (TPSA) is 166 Å². The van der Waals surface area contributed by atoms with Crippen molar-refractivity contribution in [2.75, 3.05) is 26.7 Å². The fourth-order valence-electron chi connectivity index (χ4n) is 6.01. The Kier molecular flexibility index (Phi) is 8.25. The number of nitrogens with zero attached hydrogens (tertiary/aromatic N) is 4. The first-order chi connectivity index (χ1) is 19.6. The van der Waals surface area contributed by atoms with Gasteiger partial charge < -0.3 is 35.7 Å². The third-order valence-corrected chi connectivity index (χ3v) is 8.17. The van der Waals surface area contributed by atoms with Crippen molar-refractivity contribution in [2.24, 2.45) is 17.3 Å². The van der Waals surface area contributed by atoms with Gasteiger partial charge in [0.25, 0.3) is 5.56 Å². The maximum atomic E-state index is 13.6. The molecule has 11 heteroatoms. The van der Waals surface area contributed by atoms with E-state index >= 15 is 0 Å². The largest absolute Gasteiger partial charge is 0.400 e. The molecule has 0 saturated carbocycles. The van der Waals surface area contributed by atoms with Gasteiger partial charge in [0.05, 0.1) is 36.6 Å². The number of piperidine rings is 1. The highest BCUT2D eigenvalue weighted by Gasteiger charge is 2.30. The number of pyridine rings is 2. The monoisotopic (exact) mass is 561 g/mol. The molecule has 4 heterocycles. The minimum atomic E-state index is -1.45. The SMILES string of the molecule is COCc1c(C(O)C=O)cc2n(c1=O)Cc1c-2nc2cc(C)c(C)cc2c1CN(N)/C=C(\N)CN1CCCC(N)C1. The van der Waals surface area contributed by atoms with Crippen LogP contribution in [0.5, 0.6) is 0 Å². The molecular weight excluding hydrogens is 522 g/mol. The zero-order valence-electron chi connectivity index (χ0n) is 23.9. The van der Waals surface area contributed by atoms with Gasteiger partial charge in [0.2, 0.25) is 0 Å². The average Bonchev–Trinajstić information content (AvgIpc) is 3.29. The van der Waals surface area contributed by atoms with Gasteiger partial charge in [-0.3, -0.25) is 9.69 Å². The zero-order chi connectivity index (χ0) is 29.4. The number of aldehydes is 1. The highest BCUT2D eigenvalue weighted by Crippen LogP contribution is 2.38. The van der Waals surface area contributed by atoms with Crippen LogP contribution in [-0.2, 0) is 29.2 Å². The van der Waals surface area contributed by atoms with E-state index in [2.05, 4.69) is 17.9 Å². The molecule has 5 rings (SSSR count). The van der Waals surface area contributed by atoms with Crippen molar-refractivity contribution < 1.29 is 14.6 Å². The van der Waals surface area contributed by atoms with Crippen LogP contribution < -0.4 is 22.9 Å². The third kappa shape index (κ3) is 5.64. The number of benzene rings is 1. The first-order valence-corrected chi connectivity index (χ1v) is 13.9. The lowest BCUT2D eigenvalue weighted by Gasteiger charge is -2.31. The molecule has 0 bridgehead atoms. The molecule has 2 unspecified atom stereocenters. The first-order valence-electron chi connectivity index (χ1n) is 13.9. The van der Waals surface area contributed by atoms with Gasteiger partial charge in [-0.15, -0.1) is 0 Å². The number of aliphatic hydroxyl groups excluding tert-OH is 1. The molecule has 0 radical (unpaired) electrons. The molecule has 2 aliphatic rings. The lowest BCUT2D eigenvalue weighted by atomic mass is 9.96. The molecule has 1 saturated heterocycles. The number of hydrazine groups is 1. The number of nitrogens with two attached hydrogens (primary N) is 3. The molecule has 0 aliphatic carbocycles. The van der Waals surface area contributed by atoms with E-state index in [1.165, 1.54) is 7.11 Å². The maximum Gasteiger partial charge on any atom is 0.257 e. The molecule has 0 spiro atoms. The summed E-state index contributed by atoms with van der Waals surface area (Å²) in [5, 5.41) is 12.9. The third-order valence-electron chi connectivity index (χ3n) is 8.17. The number of aromatic nitrogens is 2. The highest BCUT2D eigenvalue weighted by molar-refractivity contribution is 5.89. The molecule has 11 nitrogen and oxygen atoms in total. The summed E-state index contributed by atoms with van der Waals surface area (Å²) in [5.41, 5.74) is 19.3. The summed E-state index contributed by atoms with van der Waals surface area (Å²) in [6.45, 7) is 7.01. The lowest BCUT2D eigenvalue weighted by molar-refractivity contribution is -0.115. The smallest absolute Gasteiger partial charge is 0.257 e. The number of methoxy groups -OCH3 is 1. The molecule has 0 amide bonds. The number of likely N-dealkylation sites (tertiary alicyclic amines) is 1. The second-order valence-corrected chi connectivity index (χ2v) is 11.3. The van der Waals surface area contributed by atoms with E-state index in [0.717, 1.165) is 59.1 Å². The van der Waals surface area contributed by atoms with Gasteiger partial charge in [0, 0.05) is 60.2 Å². The highest BCUT2D eigenvalue weighted by atomic mass is 16.5. The Morgan fingerprint density at radius 2 is 2.02 bits per heavy atom. The molecule has 1 fully saturated rings. The fourth-order valence-corrected chi connectivity index (χ4v) is 6.01. The van der Waals surface area contributed by atoms with Crippen LogP contribution in [0.4, 0.5) is 0 Å². The zero-order valence-corrected chi connectivity index (χ0v) is 23.9. The normalized spacial score (nSPS) is 17.9. The predicted molar refractivity (Wildman–Crippen MR) is 157 cm³/mol. The number of fused-ring (bicyclic) bond motifs is 4. The molecule has 2 aromatic heterocycles. The quantitative estimate of drug-likeness (QED) is 0.133. The van der Waals surface area contributed by atoms with Crippen molar-refractivity contribution >= 4 is 17.2 Å². The number of carbonyl (C=O) groups is 1. The molecule has 7 N–H and O–H groups in total. The van der Waals surface area contributed by atoms with Gasteiger partial charge in [0.15, 0.2) is 6.29 Å². The minimum absolute atomic E-state index is 0.0289. The summed E-state index contributed by atoms with van der Waals surface area (Å²) in [5.74, 6) is 6.53. The van der Waals surface area contributed by atoms with E-state index < -0.39 is 6.10 Å². The molecule has 2 atom stereocenters. The molecule has 41 heavy (non-hydrogen) atoms. The Labute approximate surface area is 239 Å². The summed E-state index contributed by atoms with van der Waals surface area (Å²) in [6, 6.07) is 5.96. The minimum Gasteiger partial charge on any atom is -0.400 e. The Hall–Kier alpha value is -3.61. The van der Waals surface area contributed by atoms with Crippen LogP contribution in [0.25, 0.3) is 22.3 Å². The van der Waals surface area contributed by atoms with Crippen LogP contribution in [0.3, 0.4) is 0 Å². The van der Waals surface area contributed by atoms with Crippen LogP contribution in [0.2, 0.25) is 0 Å². The van der Waals surface area contributed by atoms with Crippen LogP contribution in [0, 0.1) is 13.8 Å². The van der Waals surface area contributed by atoms with Crippen LogP contribution in [0.15, 0.2) is 34.9 Å². The van der Waals surface area contributed by atoms with Crippen molar-refractivity contribution in [3.63, 3.8) is 0 Å². The van der Waals surface area contributed by atoms with Crippen molar-refractivity contribution in [3.8, 4) is 11.4 Å². The molecule has 1 aromatic carbocycles. The summed E-state index contributed by atoms with van der Waals surface area (Å²) < 4.78 is 6.86. The second kappa shape index (κ2) is 11.7. The van der Waals surface area contributed by atoms with Crippen molar-refractivity contribution in [2.45, 2.75) is 58.5 Å². The summed E-state index contributed by atoms with van der Waals surface area (Å²) in [7, 11) is 1.47. The Bertz CT molecular complexity index is 1580. The van der Waals surface area contributed by atoms with E-state index in [1.54, 1.807) is 21.8 Å².